The van der Waals surface area contributed by atoms with Crippen LogP contribution in [0.2, 0.25) is 5.02 Å². The molecule has 0 radical (unpaired) electrons. The Kier molecular flexibility index (Phi) is 5.19. The molecule has 0 aromatic carbocycles. The van der Waals surface area contributed by atoms with Crippen molar-refractivity contribution in [1.82, 2.24) is 19.7 Å². The van der Waals surface area contributed by atoms with Gasteiger partial charge in [0.15, 0.2) is 5.82 Å². The molecule has 0 amide bonds. The first-order valence-electron chi connectivity index (χ1n) is 8.03. The van der Waals surface area contributed by atoms with Crippen LogP contribution in [-0.4, -0.2) is 45.8 Å². The number of likely N-dealkylation sites (N-methyl/N-ethyl adjacent to an activating group) is 1. The number of aromatic nitrogens is 3. The Balaban J connectivity index is 1.73. The molecule has 1 saturated carbocycles. The largest absolute Gasteiger partial charge is 0.417 e. The number of hydrogen-bond acceptors (Lipinski definition) is 5. The van der Waals surface area contributed by atoms with Gasteiger partial charge in [0.05, 0.1) is 17.4 Å². The number of alkyl halides is 3. The van der Waals surface area contributed by atoms with E-state index in [1.165, 1.54) is 19.0 Å². The molecule has 6 nitrogen and oxygen atoms in total. The zero-order valence-corrected chi connectivity index (χ0v) is 14.7. The van der Waals surface area contributed by atoms with E-state index in [1.54, 1.807) is 0 Å². The summed E-state index contributed by atoms with van der Waals surface area (Å²) in [6.07, 6.45) is -0.0790. The summed E-state index contributed by atoms with van der Waals surface area (Å²) in [5.74, 6) is -0.0371. The van der Waals surface area contributed by atoms with Crippen LogP contribution in [0.3, 0.4) is 0 Å². The third-order valence-corrected chi connectivity index (χ3v) is 4.53. The van der Waals surface area contributed by atoms with Crippen molar-refractivity contribution in [3.8, 4) is 5.82 Å². The van der Waals surface area contributed by atoms with Crippen molar-refractivity contribution in [3.63, 3.8) is 0 Å². The van der Waals surface area contributed by atoms with Gasteiger partial charge < -0.3 is 10.2 Å². The van der Waals surface area contributed by atoms with Gasteiger partial charge in [-0.1, -0.05) is 11.6 Å². The van der Waals surface area contributed by atoms with Crippen molar-refractivity contribution >= 4 is 17.3 Å². The average molecular weight is 388 g/mol. The summed E-state index contributed by atoms with van der Waals surface area (Å²) in [4.78, 5) is 18.2. The number of nitrogens with zero attached hydrogens (tertiary/aromatic N) is 4. The zero-order valence-electron chi connectivity index (χ0n) is 13.9. The third kappa shape index (κ3) is 4.16. The predicted molar refractivity (Wildman–Crippen MR) is 91.8 cm³/mol. The minimum Gasteiger partial charge on any atom is -0.381 e. The number of anilines is 1. The van der Waals surface area contributed by atoms with E-state index in [9.17, 15) is 18.0 Å². The van der Waals surface area contributed by atoms with Crippen molar-refractivity contribution in [3.05, 3.63) is 45.5 Å². The molecule has 0 spiro atoms. The highest BCUT2D eigenvalue weighted by atomic mass is 35.5. The SMILES string of the molecule is CN(CCNc1cnn(-c2ccc(C(F)(F)F)cn2)c(=O)c1Cl)C1CC1. The standard InChI is InChI=1S/C16H17ClF3N5O/c1-24(11-3-4-11)7-6-21-12-9-23-25(15(26)14(12)17)13-5-2-10(8-22-13)16(18,19)20/h2,5,8-9,11,21H,3-4,6-7H2,1H3. The van der Waals surface area contributed by atoms with Gasteiger partial charge in [0, 0.05) is 25.3 Å². The Morgan fingerprint density at radius 3 is 2.65 bits per heavy atom. The summed E-state index contributed by atoms with van der Waals surface area (Å²) in [5, 5.41) is 6.92. The minimum absolute atomic E-state index is 0.0371. The molecule has 2 heterocycles. The quantitative estimate of drug-likeness (QED) is 0.825. The average Bonchev–Trinajstić information content (AvgIpc) is 3.43. The summed E-state index contributed by atoms with van der Waals surface area (Å²) in [6.45, 7) is 1.39. The molecule has 3 rings (SSSR count). The number of nitrogens with one attached hydrogen (secondary N) is 1. The predicted octanol–water partition coefficient (Wildman–Crippen LogP) is 2.81. The van der Waals surface area contributed by atoms with E-state index in [-0.39, 0.29) is 10.8 Å². The Bertz CT molecular complexity index is 833. The molecule has 0 aliphatic heterocycles. The van der Waals surface area contributed by atoms with Crippen molar-refractivity contribution in [2.24, 2.45) is 0 Å². The van der Waals surface area contributed by atoms with Crippen LogP contribution < -0.4 is 10.9 Å². The molecule has 0 unspecified atom stereocenters. The highest BCUT2D eigenvalue weighted by Gasteiger charge is 2.30. The van der Waals surface area contributed by atoms with Crippen LogP contribution in [0.4, 0.5) is 18.9 Å². The number of rotatable bonds is 6. The maximum atomic E-state index is 12.6. The molecule has 0 atom stereocenters. The summed E-state index contributed by atoms with van der Waals surface area (Å²) >= 11 is 6.09. The van der Waals surface area contributed by atoms with E-state index in [0.717, 1.165) is 23.4 Å². The molecule has 26 heavy (non-hydrogen) atoms. The second-order valence-corrected chi connectivity index (χ2v) is 6.51. The molecule has 10 heteroatoms. The lowest BCUT2D eigenvalue weighted by Gasteiger charge is -2.16. The lowest BCUT2D eigenvalue weighted by molar-refractivity contribution is -0.137. The monoisotopic (exact) mass is 387 g/mol. The topological polar surface area (TPSA) is 63.1 Å². The van der Waals surface area contributed by atoms with E-state index in [1.807, 2.05) is 7.05 Å². The fourth-order valence-electron chi connectivity index (χ4n) is 2.46. The van der Waals surface area contributed by atoms with Gasteiger partial charge in [-0.15, -0.1) is 0 Å². The van der Waals surface area contributed by atoms with Gasteiger partial charge in [-0.25, -0.2) is 4.98 Å². The molecule has 1 aliphatic rings. The van der Waals surface area contributed by atoms with Crippen LogP contribution in [0.15, 0.2) is 29.3 Å². The van der Waals surface area contributed by atoms with Crippen molar-refractivity contribution in [2.75, 3.05) is 25.5 Å². The van der Waals surface area contributed by atoms with Crippen LogP contribution in [0.5, 0.6) is 0 Å². The fourth-order valence-corrected chi connectivity index (χ4v) is 2.66. The van der Waals surface area contributed by atoms with Gasteiger partial charge in [0.2, 0.25) is 0 Å². The Morgan fingerprint density at radius 1 is 1.35 bits per heavy atom. The molecule has 2 aromatic heterocycles. The molecular formula is C16H17ClF3N5O. The number of halogens is 4. The first-order valence-corrected chi connectivity index (χ1v) is 8.40. The van der Waals surface area contributed by atoms with Gasteiger partial charge in [-0.2, -0.15) is 23.0 Å². The van der Waals surface area contributed by atoms with Gasteiger partial charge in [0.1, 0.15) is 5.02 Å². The fraction of sp³-hybridized carbons (Fsp3) is 0.438. The van der Waals surface area contributed by atoms with Crippen molar-refractivity contribution in [1.29, 1.82) is 0 Å². The molecular weight excluding hydrogens is 371 g/mol. The van der Waals surface area contributed by atoms with E-state index < -0.39 is 17.3 Å². The van der Waals surface area contributed by atoms with E-state index in [4.69, 9.17) is 11.6 Å². The second kappa shape index (κ2) is 7.24. The van der Waals surface area contributed by atoms with Gasteiger partial charge in [-0.05, 0) is 32.0 Å². The molecule has 0 bridgehead atoms. The molecule has 0 saturated heterocycles. The first-order chi connectivity index (χ1) is 12.3. The molecule has 1 N–H and O–H groups in total. The lowest BCUT2D eigenvalue weighted by Crippen LogP contribution is -2.28. The zero-order chi connectivity index (χ0) is 18.9. The van der Waals surface area contributed by atoms with Gasteiger partial charge in [-0.3, -0.25) is 4.79 Å². The maximum Gasteiger partial charge on any atom is 0.417 e. The first kappa shape index (κ1) is 18.7. The normalized spacial score (nSPS) is 14.7. The Hall–Kier alpha value is -2.13. The lowest BCUT2D eigenvalue weighted by atomic mass is 10.3. The van der Waals surface area contributed by atoms with Crippen LogP contribution >= 0.6 is 11.6 Å². The third-order valence-electron chi connectivity index (χ3n) is 4.16. The van der Waals surface area contributed by atoms with Crippen LogP contribution in [0.1, 0.15) is 18.4 Å². The highest BCUT2D eigenvalue weighted by Crippen LogP contribution is 2.28. The van der Waals surface area contributed by atoms with Gasteiger partial charge >= 0.3 is 6.18 Å². The summed E-state index contributed by atoms with van der Waals surface area (Å²) in [7, 11) is 2.04. The highest BCUT2D eigenvalue weighted by molar-refractivity contribution is 6.32. The summed E-state index contributed by atoms with van der Waals surface area (Å²) < 4.78 is 38.6. The maximum absolute atomic E-state index is 12.6. The molecule has 1 fully saturated rings. The van der Waals surface area contributed by atoms with E-state index >= 15 is 0 Å². The van der Waals surface area contributed by atoms with Crippen molar-refractivity contribution < 1.29 is 13.2 Å². The smallest absolute Gasteiger partial charge is 0.381 e. The van der Waals surface area contributed by atoms with E-state index in [0.29, 0.717) is 24.5 Å². The number of hydrogen-bond donors (Lipinski definition) is 1. The summed E-state index contributed by atoms with van der Waals surface area (Å²) in [6, 6.07) is 2.54. The van der Waals surface area contributed by atoms with Crippen LogP contribution in [0.25, 0.3) is 5.82 Å². The molecule has 140 valence electrons. The minimum atomic E-state index is -4.50. The van der Waals surface area contributed by atoms with Crippen LogP contribution in [0, 0.1) is 0 Å². The Labute approximate surface area is 152 Å². The van der Waals surface area contributed by atoms with Crippen molar-refractivity contribution in [2.45, 2.75) is 25.1 Å². The van der Waals surface area contributed by atoms with Gasteiger partial charge in [0.25, 0.3) is 5.56 Å². The van der Waals surface area contributed by atoms with E-state index in [2.05, 4.69) is 20.3 Å². The Morgan fingerprint density at radius 2 is 2.08 bits per heavy atom. The second-order valence-electron chi connectivity index (χ2n) is 6.13. The molecule has 1 aliphatic carbocycles. The van der Waals surface area contributed by atoms with Crippen LogP contribution in [-0.2, 0) is 6.18 Å². The summed E-state index contributed by atoms with van der Waals surface area (Å²) in [5.41, 5.74) is -1.18. The molecule has 2 aromatic rings. The number of pyridine rings is 1.